The van der Waals surface area contributed by atoms with Gasteiger partial charge in [0.1, 0.15) is 6.10 Å². The molecule has 1 saturated carbocycles. The van der Waals surface area contributed by atoms with Crippen molar-refractivity contribution in [2.45, 2.75) is 43.7 Å². The molecule has 1 aromatic carbocycles. The number of ether oxygens (including phenoxy) is 1. The van der Waals surface area contributed by atoms with Crippen LogP contribution >= 0.6 is 0 Å². The smallest absolute Gasteiger partial charge is 0.410 e. The minimum Gasteiger partial charge on any atom is -0.443 e. The highest BCUT2D eigenvalue weighted by Crippen LogP contribution is 2.30. The van der Waals surface area contributed by atoms with Crippen LogP contribution in [-0.2, 0) is 14.8 Å². The second kappa shape index (κ2) is 5.55. The molecule has 0 radical (unpaired) electrons. The zero-order valence-corrected chi connectivity index (χ0v) is 13.5. The van der Waals surface area contributed by atoms with Gasteiger partial charge in [-0.2, -0.15) is 0 Å². The molecule has 2 fully saturated rings. The van der Waals surface area contributed by atoms with Gasteiger partial charge in [-0.25, -0.2) is 17.9 Å². The lowest BCUT2D eigenvalue weighted by atomic mass is 10.2. The average molecular weight is 324 g/mol. The first-order valence-electron chi connectivity index (χ1n) is 7.41. The second-order valence-corrected chi connectivity index (χ2v) is 7.75. The monoisotopic (exact) mass is 324 g/mol. The Labute approximate surface area is 130 Å². The van der Waals surface area contributed by atoms with Crippen molar-refractivity contribution in [3.8, 4) is 0 Å². The first-order valence-corrected chi connectivity index (χ1v) is 8.89. The number of cyclic esters (lactones) is 1. The van der Waals surface area contributed by atoms with Crippen LogP contribution in [0, 0.1) is 13.8 Å². The van der Waals surface area contributed by atoms with E-state index in [0.717, 1.165) is 18.4 Å². The molecule has 0 bridgehead atoms. The third-order valence-electron chi connectivity index (χ3n) is 4.01. The molecule has 1 unspecified atom stereocenters. The normalized spacial score (nSPS) is 22.0. The van der Waals surface area contributed by atoms with Crippen LogP contribution < -0.4 is 4.72 Å². The average Bonchev–Trinajstić information content (AvgIpc) is 3.20. The Balaban J connectivity index is 1.64. The zero-order chi connectivity index (χ0) is 15.9. The lowest BCUT2D eigenvalue weighted by molar-refractivity contribution is 0.133. The molecule has 6 nitrogen and oxygen atoms in total. The van der Waals surface area contributed by atoms with Crippen LogP contribution in [-0.4, -0.2) is 44.6 Å². The van der Waals surface area contributed by atoms with E-state index in [1.54, 1.807) is 24.0 Å². The fourth-order valence-electron chi connectivity index (χ4n) is 2.71. The Morgan fingerprint density at radius 1 is 1.32 bits per heavy atom. The van der Waals surface area contributed by atoms with Gasteiger partial charge in [0.2, 0.25) is 10.0 Å². The van der Waals surface area contributed by atoms with E-state index in [1.165, 1.54) is 0 Å². The number of hydrogen-bond donors (Lipinski definition) is 1. The van der Waals surface area contributed by atoms with Gasteiger partial charge in [0.15, 0.2) is 0 Å². The van der Waals surface area contributed by atoms with E-state index >= 15 is 0 Å². The van der Waals surface area contributed by atoms with Crippen LogP contribution in [0.5, 0.6) is 0 Å². The molecule has 120 valence electrons. The first-order chi connectivity index (χ1) is 10.4. The topological polar surface area (TPSA) is 75.7 Å². The number of amides is 1. The summed E-state index contributed by atoms with van der Waals surface area (Å²) in [6, 6.07) is 5.49. The molecule has 1 aliphatic heterocycles. The molecule has 22 heavy (non-hydrogen) atoms. The predicted molar refractivity (Wildman–Crippen MR) is 81.1 cm³/mol. The summed E-state index contributed by atoms with van der Waals surface area (Å²) in [7, 11) is -3.59. The summed E-state index contributed by atoms with van der Waals surface area (Å²) >= 11 is 0. The molecule has 1 heterocycles. The van der Waals surface area contributed by atoms with Crippen molar-refractivity contribution in [2.75, 3.05) is 13.1 Å². The molecular weight excluding hydrogens is 304 g/mol. The lowest BCUT2D eigenvalue weighted by Gasteiger charge is -2.13. The van der Waals surface area contributed by atoms with E-state index < -0.39 is 16.1 Å². The number of nitrogens with zero attached hydrogens (tertiary/aromatic N) is 1. The number of carbonyl (C=O) groups is 1. The number of hydrogen-bond acceptors (Lipinski definition) is 4. The van der Waals surface area contributed by atoms with Gasteiger partial charge in [-0.3, -0.25) is 0 Å². The first kappa shape index (κ1) is 15.3. The molecule has 7 heteroatoms. The molecule has 1 amide bonds. The predicted octanol–water partition coefficient (Wildman–Crippen LogP) is 1.56. The van der Waals surface area contributed by atoms with Crippen LogP contribution in [0.15, 0.2) is 23.1 Å². The highest BCUT2D eigenvalue weighted by Gasteiger charge is 2.41. The maximum atomic E-state index is 12.4. The fourth-order valence-corrected chi connectivity index (χ4v) is 4.00. The number of carbonyl (C=O) groups excluding carboxylic acids is 1. The SMILES string of the molecule is Cc1ccc(S(=O)(=O)NCC2CN(C3CC3)C(=O)O2)c(C)c1. The molecule has 1 N–H and O–H groups in total. The molecule has 0 aromatic heterocycles. The quantitative estimate of drug-likeness (QED) is 0.892. The maximum Gasteiger partial charge on any atom is 0.410 e. The van der Waals surface area contributed by atoms with Crippen molar-refractivity contribution in [3.05, 3.63) is 29.3 Å². The van der Waals surface area contributed by atoms with Crippen LogP contribution in [0.4, 0.5) is 4.79 Å². The van der Waals surface area contributed by atoms with E-state index in [1.807, 2.05) is 13.0 Å². The minimum absolute atomic E-state index is 0.102. The Hall–Kier alpha value is -1.60. The summed E-state index contributed by atoms with van der Waals surface area (Å²) in [5.74, 6) is 0. The Kier molecular flexibility index (Phi) is 3.86. The van der Waals surface area contributed by atoms with Gasteiger partial charge in [-0.05, 0) is 38.3 Å². The Morgan fingerprint density at radius 3 is 2.68 bits per heavy atom. The van der Waals surface area contributed by atoms with E-state index in [2.05, 4.69) is 4.72 Å². The fraction of sp³-hybridized carbons (Fsp3) is 0.533. The van der Waals surface area contributed by atoms with Crippen LogP contribution in [0.3, 0.4) is 0 Å². The number of sulfonamides is 1. The van der Waals surface area contributed by atoms with Gasteiger partial charge >= 0.3 is 6.09 Å². The summed E-state index contributed by atoms with van der Waals surface area (Å²) in [4.78, 5) is 13.6. The molecule has 0 spiro atoms. The third-order valence-corrected chi connectivity index (χ3v) is 5.59. The van der Waals surface area contributed by atoms with Gasteiger partial charge in [-0.15, -0.1) is 0 Å². The van der Waals surface area contributed by atoms with Crippen molar-refractivity contribution >= 4 is 16.1 Å². The standard InChI is InChI=1S/C15H20N2O4S/c1-10-3-6-14(11(2)7-10)22(19,20)16-8-13-9-17(12-4-5-12)15(18)21-13/h3,6-7,12-13,16H,4-5,8-9H2,1-2H3. The van der Waals surface area contributed by atoms with Crippen molar-refractivity contribution in [1.29, 1.82) is 0 Å². The van der Waals surface area contributed by atoms with Crippen molar-refractivity contribution < 1.29 is 17.9 Å². The number of benzene rings is 1. The summed E-state index contributed by atoms with van der Waals surface area (Å²) in [5, 5.41) is 0. The van der Waals surface area contributed by atoms with Crippen LogP contribution in [0.2, 0.25) is 0 Å². The lowest BCUT2D eigenvalue weighted by Crippen LogP contribution is -2.35. The number of aryl methyl sites for hydroxylation is 2. The molecule has 1 atom stereocenters. The molecule has 2 aliphatic rings. The van der Waals surface area contributed by atoms with Crippen molar-refractivity contribution in [1.82, 2.24) is 9.62 Å². The number of rotatable bonds is 5. The summed E-state index contributed by atoms with van der Waals surface area (Å²) in [6.45, 7) is 4.25. The van der Waals surface area contributed by atoms with Gasteiger partial charge in [0.05, 0.1) is 11.4 Å². The molecule has 3 rings (SSSR count). The Bertz CT molecular complexity index is 697. The maximum absolute atomic E-state index is 12.4. The molecule has 1 aliphatic carbocycles. The molecule has 1 aromatic rings. The zero-order valence-electron chi connectivity index (χ0n) is 12.7. The van der Waals surface area contributed by atoms with Gasteiger partial charge < -0.3 is 9.64 Å². The van der Waals surface area contributed by atoms with Crippen molar-refractivity contribution in [3.63, 3.8) is 0 Å². The molecular formula is C15H20N2O4S. The van der Waals surface area contributed by atoms with Gasteiger partial charge in [0, 0.05) is 12.6 Å². The summed E-state index contributed by atoms with van der Waals surface area (Å²) in [5.41, 5.74) is 1.72. The van der Waals surface area contributed by atoms with Gasteiger partial charge in [-0.1, -0.05) is 17.7 Å². The van der Waals surface area contributed by atoms with E-state index in [0.29, 0.717) is 12.1 Å². The number of nitrogens with one attached hydrogen (secondary N) is 1. The van der Waals surface area contributed by atoms with Crippen LogP contribution in [0.1, 0.15) is 24.0 Å². The second-order valence-electron chi connectivity index (χ2n) is 6.01. The van der Waals surface area contributed by atoms with Crippen molar-refractivity contribution in [2.24, 2.45) is 0 Å². The van der Waals surface area contributed by atoms with E-state index in [9.17, 15) is 13.2 Å². The summed E-state index contributed by atoms with van der Waals surface area (Å²) < 4.78 is 32.5. The van der Waals surface area contributed by atoms with E-state index in [4.69, 9.17) is 4.74 Å². The highest BCUT2D eigenvalue weighted by molar-refractivity contribution is 7.89. The van der Waals surface area contributed by atoms with E-state index in [-0.39, 0.29) is 23.6 Å². The minimum atomic E-state index is -3.59. The summed E-state index contributed by atoms with van der Waals surface area (Å²) in [6.07, 6.45) is 1.26. The third kappa shape index (κ3) is 3.10. The van der Waals surface area contributed by atoms with Crippen LogP contribution in [0.25, 0.3) is 0 Å². The Morgan fingerprint density at radius 2 is 2.05 bits per heavy atom. The highest BCUT2D eigenvalue weighted by atomic mass is 32.2. The van der Waals surface area contributed by atoms with Gasteiger partial charge in [0.25, 0.3) is 0 Å². The largest absolute Gasteiger partial charge is 0.443 e. The molecule has 1 saturated heterocycles.